The van der Waals surface area contributed by atoms with Crippen LogP contribution in [-0.4, -0.2) is 47.4 Å². The van der Waals surface area contributed by atoms with Crippen molar-refractivity contribution < 1.29 is 24.5 Å². The molecule has 2 unspecified atom stereocenters. The first-order valence-electron chi connectivity index (χ1n) is 29.3. The molecule has 0 saturated heterocycles. The van der Waals surface area contributed by atoms with Gasteiger partial charge in [-0.25, -0.2) is 0 Å². The summed E-state index contributed by atoms with van der Waals surface area (Å²) >= 11 is 0. The fourth-order valence-corrected chi connectivity index (χ4v) is 8.90. The van der Waals surface area contributed by atoms with Crippen LogP contribution in [0.2, 0.25) is 0 Å². The molecule has 0 fully saturated rings. The van der Waals surface area contributed by atoms with Crippen molar-refractivity contribution in [2.45, 2.75) is 321 Å². The number of esters is 1. The molecule has 0 heterocycles. The topological polar surface area (TPSA) is 95.9 Å². The summed E-state index contributed by atoms with van der Waals surface area (Å²) in [6, 6.07) is -0.639. The van der Waals surface area contributed by atoms with Gasteiger partial charge in [-0.15, -0.1) is 0 Å². The van der Waals surface area contributed by atoms with Crippen molar-refractivity contribution in [1.29, 1.82) is 0 Å². The van der Waals surface area contributed by atoms with Gasteiger partial charge in [-0.3, -0.25) is 9.59 Å². The number of aliphatic hydroxyl groups excluding tert-OH is 2. The number of hydrogen-bond acceptors (Lipinski definition) is 5. The van der Waals surface area contributed by atoms with Gasteiger partial charge < -0.3 is 20.3 Å². The summed E-state index contributed by atoms with van der Waals surface area (Å²) in [5.74, 6) is -0.0998. The van der Waals surface area contributed by atoms with Crippen molar-refractivity contribution in [1.82, 2.24) is 5.32 Å². The zero-order chi connectivity index (χ0) is 47.9. The van der Waals surface area contributed by atoms with E-state index in [0.29, 0.717) is 19.4 Å². The predicted molar refractivity (Wildman–Crippen MR) is 287 cm³/mol. The zero-order valence-corrected chi connectivity index (χ0v) is 44.2. The molecule has 66 heavy (non-hydrogen) atoms. The average Bonchev–Trinajstić information content (AvgIpc) is 3.32. The van der Waals surface area contributed by atoms with Crippen molar-refractivity contribution in [3.8, 4) is 0 Å². The minimum Gasteiger partial charge on any atom is -0.466 e. The van der Waals surface area contributed by atoms with E-state index < -0.39 is 12.1 Å². The van der Waals surface area contributed by atoms with Gasteiger partial charge in [0.25, 0.3) is 0 Å². The molecule has 0 aliphatic heterocycles. The smallest absolute Gasteiger partial charge is 0.305 e. The van der Waals surface area contributed by atoms with E-state index in [-0.39, 0.29) is 18.5 Å². The Morgan fingerprint density at radius 3 is 1.17 bits per heavy atom. The molecule has 0 aromatic heterocycles. The Bertz CT molecular complexity index is 1070. The Kier molecular flexibility index (Phi) is 54.1. The summed E-state index contributed by atoms with van der Waals surface area (Å²) in [5.41, 5.74) is 0. The molecule has 2 atom stereocenters. The van der Waals surface area contributed by atoms with Crippen LogP contribution in [-0.2, 0) is 14.3 Å². The number of allylic oxidation sites excluding steroid dienone is 5. The number of ether oxygens (including phenoxy) is 1. The standard InChI is InChI=1S/C60H113NO5/c1-3-5-7-9-11-13-15-17-19-21-22-23-24-25-28-32-36-40-44-48-52-58(63)57(56-62)61-59(64)53-49-45-41-37-33-29-27-31-35-39-43-47-51-55-66-60(65)54-50-46-42-38-34-30-26-20-18-16-14-12-10-8-6-4-2/h14,16,20,26,48,52,57-58,62-63H,3-13,15,17-19,21-25,27-47,49-51,53-56H2,1-2H3,(H,61,64)/b16-14-,26-20-,52-48+. The van der Waals surface area contributed by atoms with Gasteiger partial charge in [0.2, 0.25) is 5.91 Å². The molecular weight excluding hydrogens is 815 g/mol. The fraction of sp³-hybridized carbons (Fsp3) is 0.867. The summed E-state index contributed by atoms with van der Waals surface area (Å²) in [5, 5.41) is 23.2. The van der Waals surface area contributed by atoms with Gasteiger partial charge in [-0.05, 0) is 64.2 Å². The van der Waals surface area contributed by atoms with E-state index in [9.17, 15) is 19.8 Å². The maximum absolute atomic E-state index is 12.5. The number of hydrogen-bond donors (Lipinski definition) is 3. The second kappa shape index (κ2) is 55.7. The van der Waals surface area contributed by atoms with Crippen LogP contribution in [0.1, 0.15) is 309 Å². The van der Waals surface area contributed by atoms with Gasteiger partial charge in [0.1, 0.15) is 0 Å². The lowest BCUT2D eigenvalue weighted by Crippen LogP contribution is -2.45. The summed E-state index contributed by atoms with van der Waals surface area (Å²) in [6.07, 6.45) is 68.7. The second-order valence-corrected chi connectivity index (χ2v) is 20.0. The molecule has 0 aliphatic rings. The number of rotatable bonds is 54. The number of amides is 1. The third-order valence-electron chi connectivity index (χ3n) is 13.4. The first-order chi connectivity index (χ1) is 32.5. The highest BCUT2D eigenvalue weighted by Gasteiger charge is 2.18. The Morgan fingerprint density at radius 1 is 0.424 bits per heavy atom. The summed E-state index contributed by atoms with van der Waals surface area (Å²) < 4.78 is 5.47. The van der Waals surface area contributed by atoms with Gasteiger partial charge in [0.15, 0.2) is 0 Å². The molecule has 6 nitrogen and oxygen atoms in total. The lowest BCUT2D eigenvalue weighted by Gasteiger charge is -2.20. The van der Waals surface area contributed by atoms with Gasteiger partial charge in [-0.2, -0.15) is 0 Å². The van der Waals surface area contributed by atoms with E-state index in [0.717, 1.165) is 64.2 Å². The normalized spacial score (nSPS) is 12.8. The Labute approximate surface area is 411 Å². The predicted octanol–water partition coefficient (Wildman–Crippen LogP) is 18.0. The Morgan fingerprint density at radius 2 is 0.758 bits per heavy atom. The van der Waals surface area contributed by atoms with Crippen LogP contribution in [0, 0.1) is 0 Å². The van der Waals surface area contributed by atoms with E-state index in [2.05, 4.69) is 43.5 Å². The van der Waals surface area contributed by atoms with Gasteiger partial charge in [-0.1, -0.05) is 269 Å². The van der Waals surface area contributed by atoms with E-state index in [1.807, 2.05) is 6.08 Å². The first kappa shape index (κ1) is 64.1. The molecule has 1 amide bonds. The maximum atomic E-state index is 12.5. The van der Waals surface area contributed by atoms with Crippen molar-refractivity contribution in [2.24, 2.45) is 0 Å². The van der Waals surface area contributed by atoms with E-state index >= 15 is 0 Å². The quantitative estimate of drug-likeness (QED) is 0.0321. The Hall–Kier alpha value is -1.92. The Balaban J connectivity index is 3.49. The van der Waals surface area contributed by atoms with Crippen LogP contribution in [0.4, 0.5) is 0 Å². The van der Waals surface area contributed by atoms with E-state index in [4.69, 9.17) is 4.74 Å². The van der Waals surface area contributed by atoms with Crippen LogP contribution in [0.25, 0.3) is 0 Å². The zero-order valence-electron chi connectivity index (χ0n) is 44.2. The number of nitrogens with one attached hydrogen (secondary N) is 1. The number of aliphatic hydroxyl groups is 2. The van der Waals surface area contributed by atoms with E-state index in [1.165, 1.54) is 218 Å². The molecule has 0 spiro atoms. The fourth-order valence-electron chi connectivity index (χ4n) is 8.90. The van der Waals surface area contributed by atoms with E-state index in [1.54, 1.807) is 6.08 Å². The van der Waals surface area contributed by atoms with Crippen LogP contribution >= 0.6 is 0 Å². The van der Waals surface area contributed by atoms with Gasteiger partial charge in [0, 0.05) is 12.8 Å². The van der Waals surface area contributed by atoms with Crippen molar-refractivity contribution >= 4 is 11.9 Å². The number of carbonyl (C=O) groups is 2. The van der Waals surface area contributed by atoms with Crippen LogP contribution < -0.4 is 5.32 Å². The molecule has 0 bridgehead atoms. The minimum absolute atomic E-state index is 0.0201. The lowest BCUT2D eigenvalue weighted by molar-refractivity contribution is -0.143. The molecule has 0 saturated carbocycles. The number of unbranched alkanes of at least 4 members (excludes halogenated alkanes) is 39. The molecule has 0 aromatic rings. The molecule has 388 valence electrons. The molecular formula is C60H113NO5. The summed E-state index contributed by atoms with van der Waals surface area (Å²) in [6.45, 7) is 4.86. The minimum atomic E-state index is -0.855. The SMILES string of the molecule is CCCCCC/C=C\C/C=C\CCCCCCCC(=O)OCCCCCCCCCCCCCCCC(=O)NC(CO)C(O)/C=C/CCCCCCCCCCCCCCCCCCCC. The van der Waals surface area contributed by atoms with Gasteiger partial charge in [0.05, 0.1) is 25.4 Å². The van der Waals surface area contributed by atoms with Crippen molar-refractivity contribution in [3.63, 3.8) is 0 Å². The highest BCUT2D eigenvalue weighted by Crippen LogP contribution is 2.17. The van der Waals surface area contributed by atoms with Crippen LogP contribution in [0.5, 0.6) is 0 Å². The maximum Gasteiger partial charge on any atom is 0.305 e. The summed E-state index contributed by atoms with van der Waals surface area (Å²) in [7, 11) is 0. The number of carbonyl (C=O) groups excluding carboxylic acids is 2. The monoisotopic (exact) mass is 928 g/mol. The molecule has 3 N–H and O–H groups in total. The van der Waals surface area contributed by atoms with Gasteiger partial charge >= 0.3 is 5.97 Å². The molecule has 6 heteroatoms. The largest absolute Gasteiger partial charge is 0.466 e. The molecule has 0 rings (SSSR count). The molecule has 0 aliphatic carbocycles. The van der Waals surface area contributed by atoms with Crippen LogP contribution in [0.3, 0.4) is 0 Å². The average molecular weight is 929 g/mol. The molecule has 0 radical (unpaired) electrons. The second-order valence-electron chi connectivity index (χ2n) is 20.0. The molecule has 0 aromatic carbocycles. The van der Waals surface area contributed by atoms with Crippen molar-refractivity contribution in [3.05, 3.63) is 36.5 Å². The summed E-state index contributed by atoms with van der Waals surface area (Å²) in [4.78, 5) is 24.5. The third kappa shape index (κ3) is 51.5. The first-order valence-corrected chi connectivity index (χ1v) is 29.3. The van der Waals surface area contributed by atoms with Crippen LogP contribution in [0.15, 0.2) is 36.5 Å². The van der Waals surface area contributed by atoms with Crippen molar-refractivity contribution in [2.75, 3.05) is 13.2 Å². The lowest BCUT2D eigenvalue weighted by atomic mass is 10.0. The highest BCUT2D eigenvalue weighted by molar-refractivity contribution is 5.76. The third-order valence-corrected chi connectivity index (χ3v) is 13.4. The highest BCUT2D eigenvalue weighted by atomic mass is 16.5.